The van der Waals surface area contributed by atoms with Gasteiger partial charge < -0.3 is 15.0 Å². The number of ether oxygens (including phenoxy) is 1. The molecule has 2 aromatic carbocycles. The lowest BCUT2D eigenvalue weighted by Gasteiger charge is -2.16. The molecule has 1 heterocycles. The first-order chi connectivity index (χ1) is 12.4. The first-order valence-corrected chi connectivity index (χ1v) is 9.23. The van der Waals surface area contributed by atoms with Crippen LogP contribution in [0.1, 0.15) is 16.7 Å². The van der Waals surface area contributed by atoms with Crippen molar-refractivity contribution in [1.29, 1.82) is 0 Å². The molecular weight excluding hydrogens is 346 g/mol. The Morgan fingerprint density at radius 3 is 2.62 bits per heavy atom. The van der Waals surface area contributed by atoms with Gasteiger partial charge in [-0.1, -0.05) is 29.5 Å². The zero-order chi connectivity index (χ0) is 18.8. The molecular formula is C20H23N3O2S. The number of hydrogen-bond acceptors (Lipinski definition) is 5. The van der Waals surface area contributed by atoms with Crippen LogP contribution in [-0.2, 0) is 4.79 Å². The Labute approximate surface area is 157 Å². The van der Waals surface area contributed by atoms with Gasteiger partial charge in [-0.2, -0.15) is 0 Å². The monoisotopic (exact) mass is 369 g/mol. The summed E-state index contributed by atoms with van der Waals surface area (Å²) in [5.74, 6) is 0.543. The predicted octanol–water partition coefficient (Wildman–Crippen LogP) is 4.31. The van der Waals surface area contributed by atoms with Crippen LogP contribution in [0.5, 0.6) is 5.75 Å². The standard InChI is InChI=1S/C20H23N3O2S/c1-12-6-9-16(25-5)15(10-12)21-17(24)11-23(4)20-22-18-13(2)7-8-14(3)19(18)26-20/h6-10H,11H2,1-5H3,(H,21,24). The van der Waals surface area contributed by atoms with Gasteiger partial charge in [-0.3, -0.25) is 4.79 Å². The maximum Gasteiger partial charge on any atom is 0.244 e. The van der Waals surface area contributed by atoms with Gasteiger partial charge in [0, 0.05) is 7.05 Å². The van der Waals surface area contributed by atoms with Gasteiger partial charge in [-0.25, -0.2) is 4.98 Å². The van der Waals surface area contributed by atoms with Gasteiger partial charge in [0.15, 0.2) is 5.13 Å². The summed E-state index contributed by atoms with van der Waals surface area (Å²) in [6, 6.07) is 9.90. The highest BCUT2D eigenvalue weighted by Gasteiger charge is 2.15. The molecule has 0 atom stereocenters. The Bertz CT molecular complexity index is 926. The number of carbonyl (C=O) groups is 1. The van der Waals surface area contributed by atoms with E-state index < -0.39 is 0 Å². The van der Waals surface area contributed by atoms with Crippen molar-refractivity contribution >= 4 is 38.3 Å². The summed E-state index contributed by atoms with van der Waals surface area (Å²) < 4.78 is 6.49. The van der Waals surface area contributed by atoms with Crippen LogP contribution < -0.4 is 15.0 Å². The van der Waals surface area contributed by atoms with Crippen molar-refractivity contribution in [1.82, 2.24) is 4.98 Å². The third-order valence-corrected chi connectivity index (χ3v) is 5.57. The van der Waals surface area contributed by atoms with E-state index in [2.05, 4.69) is 31.3 Å². The average Bonchev–Trinajstić information content (AvgIpc) is 3.05. The van der Waals surface area contributed by atoms with Crippen LogP contribution in [0.3, 0.4) is 0 Å². The first kappa shape index (κ1) is 18.2. The van der Waals surface area contributed by atoms with E-state index >= 15 is 0 Å². The summed E-state index contributed by atoms with van der Waals surface area (Å²) in [6.07, 6.45) is 0. The second kappa shape index (κ2) is 7.33. The summed E-state index contributed by atoms with van der Waals surface area (Å²) in [4.78, 5) is 19.1. The fraction of sp³-hybridized carbons (Fsp3) is 0.300. The van der Waals surface area contributed by atoms with Gasteiger partial charge in [0.25, 0.3) is 0 Å². The van der Waals surface area contributed by atoms with E-state index in [4.69, 9.17) is 9.72 Å². The summed E-state index contributed by atoms with van der Waals surface area (Å²) in [5.41, 5.74) is 5.11. The number of amides is 1. The SMILES string of the molecule is COc1ccc(C)cc1NC(=O)CN(C)c1nc2c(C)ccc(C)c2s1. The Kier molecular flexibility index (Phi) is 5.13. The van der Waals surface area contributed by atoms with Crippen molar-refractivity contribution in [3.8, 4) is 5.75 Å². The van der Waals surface area contributed by atoms with Crippen molar-refractivity contribution < 1.29 is 9.53 Å². The number of hydrogen-bond donors (Lipinski definition) is 1. The molecule has 0 aliphatic rings. The lowest BCUT2D eigenvalue weighted by molar-refractivity contribution is -0.114. The minimum absolute atomic E-state index is 0.107. The highest BCUT2D eigenvalue weighted by molar-refractivity contribution is 7.22. The minimum Gasteiger partial charge on any atom is -0.495 e. The first-order valence-electron chi connectivity index (χ1n) is 8.41. The Hall–Kier alpha value is -2.60. The molecule has 0 aliphatic carbocycles. The smallest absolute Gasteiger partial charge is 0.244 e. The van der Waals surface area contributed by atoms with Crippen molar-refractivity contribution in [2.24, 2.45) is 0 Å². The third-order valence-electron chi connectivity index (χ3n) is 4.27. The van der Waals surface area contributed by atoms with Crippen LogP contribution in [-0.4, -0.2) is 31.6 Å². The van der Waals surface area contributed by atoms with E-state index in [1.807, 2.05) is 37.1 Å². The molecule has 0 radical (unpaired) electrons. The normalized spacial score (nSPS) is 10.8. The molecule has 136 valence electrons. The van der Waals surface area contributed by atoms with E-state index in [-0.39, 0.29) is 12.5 Å². The quantitative estimate of drug-likeness (QED) is 0.728. The second-order valence-electron chi connectivity index (χ2n) is 6.48. The Morgan fingerprint density at radius 1 is 1.19 bits per heavy atom. The van der Waals surface area contributed by atoms with Crippen molar-refractivity contribution in [2.75, 3.05) is 30.9 Å². The Morgan fingerprint density at radius 2 is 1.92 bits per heavy atom. The lowest BCUT2D eigenvalue weighted by atomic mass is 10.1. The van der Waals surface area contributed by atoms with Crippen LogP contribution in [0.15, 0.2) is 30.3 Å². The molecule has 0 saturated carbocycles. The summed E-state index contributed by atoms with van der Waals surface area (Å²) >= 11 is 1.61. The van der Waals surface area contributed by atoms with E-state index in [1.165, 1.54) is 10.3 Å². The molecule has 3 aromatic rings. The van der Waals surface area contributed by atoms with Crippen molar-refractivity contribution in [3.63, 3.8) is 0 Å². The maximum absolute atomic E-state index is 12.5. The molecule has 0 saturated heterocycles. The molecule has 26 heavy (non-hydrogen) atoms. The minimum atomic E-state index is -0.107. The molecule has 0 aliphatic heterocycles. The zero-order valence-electron chi connectivity index (χ0n) is 15.7. The summed E-state index contributed by atoms with van der Waals surface area (Å²) in [6.45, 7) is 6.34. The van der Waals surface area contributed by atoms with Gasteiger partial charge in [-0.15, -0.1) is 0 Å². The fourth-order valence-electron chi connectivity index (χ4n) is 2.80. The lowest BCUT2D eigenvalue weighted by Crippen LogP contribution is -2.30. The number of fused-ring (bicyclic) bond motifs is 1. The number of benzene rings is 2. The largest absolute Gasteiger partial charge is 0.495 e. The van der Waals surface area contributed by atoms with Crippen LogP contribution >= 0.6 is 11.3 Å². The van der Waals surface area contributed by atoms with E-state index in [0.717, 1.165) is 21.8 Å². The number of aromatic nitrogens is 1. The van der Waals surface area contributed by atoms with E-state index in [0.29, 0.717) is 11.4 Å². The number of likely N-dealkylation sites (N-methyl/N-ethyl adjacent to an activating group) is 1. The predicted molar refractivity (Wildman–Crippen MR) is 109 cm³/mol. The van der Waals surface area contributed by atoms with Gasteiger partial charge in [0.1, 0.15) is 5.75 Å². The fourth-order valence-corrected chi connectivity index (χ4v) is 3.88. The molecule has 1 N–H and O–H groups in total. The van der Waals surface area contributed by atoms with Gasteiger partial charge in [-0.05, 0) is 49.6 Å². The molecule has 0 bridgehead atoms. The summed E-state index contributed by atoms with van der Waals surface area (Å²) in [7, 11) is 3.48. The number of rotatable bonds is 5. The van der Waals surface area contributed by atoms with Gasteiger partial charge in [0.05, 0.1) is 29.6 Å². The highest BCUT2D eigenvalue weighted by atomic mass is 32.1. The van der Waals surface area contributed by atoms with Crippen LogP contribution in [0.25, 0.3) is 10.2 Å². The molecule has 1 amide bonds. The molecule has 6 heteroatoms. The second-order valence-corrected chi connectivity index (χ2v) is 7.46. The average molecular weight is 369 g/mol. The Balaban J connectivity index is 1.77. The molecule has 0 spiro atoms. The summed E-state index contributed by atoms with van der Waals surface area (Å²) in [5, 5.41) is 3.77. The topological polar surface area (TPSA) is 54.5 Å². The van der Waals surface area contributed by atoms with E-state index in [1.54, 1.807) is 18.4 Å². The van der Waals surface area contributed by atoms with Gasteiger partial charge >= 0.3 is 0 Å². The number of carbonyl (C=O) groups excluding carboxylic acids is 1. The maximum atomic E-state index is 12.5. The number of anilines is 2. The van der Waals surface area contributed by atoms with Gasteiger partial charge in [0.2, 0.25) is 5.91 Å². The third kappa shape index (κ3) is 3.65. The number of aryl methyl sites for hydroxylation is 3. The number of methoxy groups -OCH3 is 1. The van der Waals surface area contributed by atoms with Crippen LogP contribution in [0.2, 0.25) is 0 Å². The highest BCUT2D eigenvalue weighted by Crippen LogP contribution is 2.32. The number of thiazole rings is 1. The molecule has 1 aromatic heterocycles. The van der Waals surface area contributed by atoms with Crippen molar-refractivity contribution in [3.05, 3.63) is 47.0 Å². The van der Waals surface area contributed by atoms with Crippen molar-refractivity contribution in [2.45, 2.75) is 20.8 Å². The van der Waals surface area contributed by atoms with E-state index in [9.17, 15) is 4.79 Å². The van der Waals surface area contributed by atoms with Crippen LogP contribution in [0, 0.1) is 20.8 Å². The molecule has 3 rings (SSSR count). The number of nitrogens with one attached hydrogen (secondary N) is 1. The van der Waals surface area contributed by atoms with Crippen LogP contribution in [0.4, 0.5) is 10.8 Å². The molecule has 0 unspecified atom stereocenters. The number of nitrogens with zero attached hydrogens (tertiary/aromatic N) is 2. The molecule has 0 fully saturated rings. The zero-order valence-corrected chi connectivity index (χ0v) is 16.5. The molecule has 5 nitrogen and oxygen atoms in total.